The Labute approximate surface area is 184 Å². The first-order chi connectivity index (χ1) is 14.0. The van der Waals surface area contributed by atoms with E-state index in [-0.39, 0.29) is 11.6 Å². The van der Waals surface area contributed by atoms with Crippen molar-refractivity contribution >= 4 is 50.0 Å². The first-order valence-electron chi connectivity index (χ1n) is 9.97. The van der Waals surface area contributed by atoms with Crippen molar-refractivity contribution in [2.75, 3.05) is 11.1 Å². The van der Waals surface area contributed by atoms with Crippen LogP contribution in [0.4, 0.5) is 5.69 Å². The van der Waals surface area contributed by atoms with Crippen LogP contribution >= 0.6 is 27.7 Å². The maximum atomic E-state index is 12.4. The Hall–Kier alpha value is -1.92. The maximum absolute atomic E-state index is 12.4. The van der Waals surface area contributed by atoms with Crippen LogP contribution in [0.15, 0.2) is 69.1 Å². The van der Waals surface area contributed by atoms with Crippen molar-refractivity contribution in [3.8, 4) is 0 Å². The van der Waals surface area contributed by atoms with Crippen LogP contribution < -0.4 is 5.32 Å². The highest BCUT2D eigenvalue weighted by Crippen LogP contribution is 2.40. The number of carbonyl (C=O) groups is 1. The molecule has 2 aliphatic rings. The molecule has 4 rings (SSSR count). The van der Waals surface area contributed by atoms with Gasteiger partial charge >= 0.3 is 0 Å². The van der Waals surface area contributed by atoms with E-state index in [2.05, 4.69) is 40.3 Å². The summed E-state index contributed by atoms with van der Waals surface area (Å²) in [4.78, 5) is 22.6. The zero-order valence-corrected chi connectivity index (χ0v) is 18.8. The van der Waals surface area contributed by atoms with Crippen molar-refractivity contribution in [1.82, 2.24) is 0 Å². The quantitative estimate of drug-likeness (QED) is 0.602. The minimum atomic E-state index is -0.340. The minimum absolute atomic E-state index is 0.0303. The van der Waals surface area contributed by atoms with Crippen molar-refractivity contribution in [3.05, 3.63) is 64.6 Å². The molecular weight excluding hydrogens is 446 g/mol. The molecule has 0 aromatic heterocycles. The van der Waals surface area contributed by atoms with Crippen LogP contribution in [0.5, 0.6) is 0 Å². The van der Waals surface area contributed by atoms with Gasteiger partial charge in [-0.2, -0.15) is 0 Å². The summed E-state index contributed by atoms with van der Waals surface area (Å²) < 4.78 is 1.04. The molecule has 0 bridgehead atoms. The van der Waals surface area contributed by atoms with Gasteiger partial charge in [-0.25, -0.2) is 4.99 Å². The van der Waals surface area contributed by atoms with E-state index in [0.29, 0.717) is 5.75 Å². The van der Waals surface area contributed by atoms with Crippen LogP contribution in [-0.4, -0.2) is 28.1 Å². The van der Waals surface area contributed by atoms with Crippen molar-refractivity contribution in [2.24, 2.45) is 15.9 Å². The summed E-state index contributed by atoms with van der Waals surface area (Å²) in [6.45, 7) is 2.30. The first kappa shape index (κ1) is 20.4. The molecule has 2 aromatic rings. The predicted octanol–water partition coefficient (Wildman–Crippen LogP) is 5.93. The summed E-state index contributed by atoms with van der Waals surface area (Å²) >= 11 is 4.98. The number of carbonyl (C=O) groups excluding carboxylic acids is 1. The van der Waals surface area contributed by atoms with Crippen LogP contribution in [-0.2, 0) is 4.79 Å². The molecule has 29 heavy (non-hydrogen) atoms. The molecule has 0 saturated heterocycles. The summed E-state index contributed by atoms with van der Waals surface area (Å²) in [7, 11) is 0. The summed E-state index contributed by atoms with van der Waals surface area (Å²) in [5, 5.41) is 3.82. The number of anilines is 1. The minimum Gasteiger partial charge on any atom is -0.325 e. The smallest absolute Gasteiger partial charge is 0.234 e. The van der Waals surface area contributed by atoms with E-state index in [1.54, 1.807) is 0 Å². The van der Waals surface area contributed by atoms with Crippen molar-refractivity contribution in [3.63, 3.8) is 0 Å². The highest BCUT2D eigenvalue weighted by Gasteiger charge is 2.39. The molecule has 2 aromatic carbocycles. The third-order valence-corrected chi connectivity index (χ3v) is 6.92. The lowest BCUT2D eigenvalue weighted by molar-refractivity contribution is -0.113. The number of aliphatic imine (C=N–C) groups is 2. The number of benzene rings is 2. The van der Waals surface area contributed by atoms with E-state index in [1.165, 1.54) is 11.8 Å². The Bertz CT molecular complexity index is 932. The first-order valence-corrected chi connectivity index (χ1v) is 11.7. The van der Waals surface area contributed by atoms with Gasteiger partial charge in [-0.1, -0.05) is 64.9 Å². The van der Waals surface area contributed by atoms with Gasteiger partial charge in [0, 0.05) is 15.7 Å². The molecule has 4 nitrogen and oxygen atoms in total. The van der Waals surface area contributed by atoms with Crippen LogP contribution in [0.3, 0.4) is 0 Å². The molecule has 0 unspecified atom stereocenters. The lowest BCUT2D eigenvalue weighted by Gasteiger charge is -2.30. The topological polar surface area (TPSA) is 53.8 Å². The van der Waals surface area contributed by atoms with Gasteiger partial charge in [0.2, 0.25) is 5.91 Å². The van der Waals surface area contributed by atoms with E-state index in [0.717, 1.165) is 58.1 Å². The predicted molar refractivity (Wildman–Crippen MR) is 126 cm³/mol. The molecule has 1 saturated carbocycles. The fraction of sp³-hybridized carbons (Fsp3) is 0.348. The second-order valence-electron chi connectivity index (χ2n) is 7.75. The number of para-hydroxylation sites is 1. The fourth-order valence-electron chi connectivity index (χ4n) is 3.72. The number of halogens is 1. The van der Waals surface area contributed by atoms with Gasteiger partial charge in [0.25, 0.3) is 0 Å². The van der Waals surface area contributed by atoms with E-state index < -0.39 is 0 Å². The van der Waals surface area contributed by atoms with Gasteiger partial charge < -0.3 is 5.32 Å². The van der Waals surface area contributed by atoms with E-state index in [1.807, 2.05) is 42.5 Å². The monoisotopic (exact) mass is 469 g/mol. The Morgan fingerprint density at radius 1 is 1.10 bits per heavy atom. The molecule has 150 valence electrons. The van der Waals surface area contributed by atoms with Gasteiger partial charge in [0.15, 0.2) is 5.66 Å². The number of hydrogen-bond donors (Lipinski definition) is 1. The molecule has 1 spiro atoms. The van der Waals surface area contributed by atoms with Crippen LogP contribution in [0.1, 0.15) is 38.2 Å². The standard InChI is InChI=1S/C23H24BrN3OS/c1-16-11-13-23(14-12-16)26-21(17-7-9-18(24)10-8-17)22(27-23)29-15-20(28)25-19-5-3-2-4-6-19/h2-10,16H,11-15H2,1H3,(H,25,28). The highest BCUT2D eigenvalue weighted by atomic mass is 79.9. The Morgan fingerprint density at radius 2 is 1.79 bits per heavy atom. The number of nitrogens with one attached hydrogen (secondary N) is 1. The van der Waals surface area contributed by atoms with Gasteiger partial charge in [-0.3, -0.25) is 9.79 Å². The molecule has 1 N–H and O–H groups in total. The summed E-state index contributed by atoms with van der Waals surface area (Å²) in [6.07, 6.45) is 4.25. The molecule has 1 aliphatic heterocycles. The molecule has 1 amide bonds. The van der Waals surface area contributed by atoms with Crippen molar-refractivity contribution in [2.45, 2.75) is 38.3 Å². The van der Waals surface area contributed by atoms with Crippen molar-refractivity contribution in [1.29, 1.82) is 0 Å². The molecule has 1 heterocycles. The second-order valence-corrected chi connectivity index (χ2v) is 9.63. The normalized spacial score (nSPS) is 23.6. The van der Waals surface area contributed by atoms with Gasteiger partial charge in [-0.05, 0) is 55.9 Å². The largest absolute Gasteiger partial charge is 0.325 e. The number of thioether (sulfide) groups is 1. The average molecular weight is 470 g/mol. The Balaban J connectivity index is 1.51. The third-order valence-electron chi connectivity index (χ3n) is 5.42. The highest BCUT2D eigenvalue weighted by molar-refractivity contribution is 9.10. The molecule has 0 atom stereocenters. The summed E-state index contributed by atoms with van der Waals surface area (Å²) in [6, 6.07) is 17.7. The third kappa shape index (κ3) is 4.98. The van der Waals surface area contributed by atoms with E-state index in [4.69, 9.17) is 9.98 Å². The van der Waals surface area contributed by atoms with E-state index >= 15 is 0 Å². The lowest BCUT2D eigenvalue weighted by Crippen LogP contribution is -2.28. The lowest BCUT2D eigenvalue weighted by atomic mass is 9.83. The Kier molecular flexibility index (Phi) is 6.20. The Morgan fingerprint density at radius 3 is 2.48 bits per heavy atom. The fourth-order valence-corrected chi connectivity index (χ4v) is 4.86. The zero-order valence-electron chi connectivity index (χ0n) is 16.4. The number of amides is 1. The number of rotatable bonds is 4. The van der Waals surface area contributed by atoms with Gasteiger partial charge in [-0.15, -0.1) is 0 Å². The van der Waals surface area contributed by atoms with Crippen LogP contribution in [0.25, 0.3) is 0 Å². The molecule has 0 radical (unpaired) electrons. The molecule has 1 fully saturated rings. The number of hydrogen-bond acceptors (Lipinski definition) is 4. The molecule has 6 heteroatoms. The summed E-state index contributed by atoms with van der Waals surface area (Å²) in [5.41, 5.74) is 2.45. The second kappa shape index (κ2) is 8.84. The average Bonchev–Trinajstić information content (AvgIpc) is 3.09. The molecular formula is C23H24BrN3OS. The van der Waals surface area contributed by atoms with Crippen LogP contribution in [0.2, 0.25) is 0 Å². The van der Waals surface area contributed by atoms with Gasteiger partial charge in [0.1, 0.15) is 5.04 Å². The maximum Gasteiger partial charge on any atom is 0.234 e. The molecule has 1 aliphatic carbocycles. The van der Waals surface area contributed by atoms with Crippen LogP contribution in [0, 0.1) is 5.92 Å². The van der Waals surface area contributed by atoms with Gasteiger partial charge in [0.05, 0.1) is 11.5 Å². The summed E-state index contributed by atoms with van der Waals surface area (Å²) in [5.74, 6) is 1.02. The van der Waals surface area contributed by atoms with E-state index in [9.17, 15) is 4.79 Å². The SMILES string of the molecule is CC1CCC2(CC1)N=C(SCC(=O)Nc1ccccc1)C(c1ccc(Br)cc1)=N2. The van der Waals surface area contributed by atoms with Crippen molar-refractivity contribution < 1.29 is 4.79 Å². The number of nitrogens with zero attached hydrogens (tertiary/aromatic N) is 2. The zero-order chi connectivity index (χ0) is 20.3.